The molecule has 1 saturated heterocycles. The summed E-state index contributed by atoms with van der Waals surface area (Å²) in [7, 11) is 0. The van der Waals surface area contributed by atoms with Gasteiger partial charge in [-0.2, -0.15) is 13.2 Å². The minimum Gasteiger partial charge on any atom is -0.383 e. The number of pyridine rings is 2. The van der Waals surface area contributed by atoms with E-state index in [1.54, 1.807) is 36.4 Å². The van der Waals surface area contributed by atoms with E-state index in [0.717, 1.165) is 6.07 Å². The molecule has 9 heteroatoms. The van der Waals surface area contributed by atoms with Gasteiger partial charge in [0, 0.05) is 36.2 Å². The molecule has 3 heterocycles. The Hall–Kier alpha value is -3.46. The predicted octanol–water partition coefficient (Wildman–Crippen LogP) is 4.20. The third-order valence-corrected chi connectivity index (χ3v) is 5.17. The van der Waals surface area contributed by atoms with Gasteiger partial charge in [0.2, 0.25) is 5.78 Å². The molecule has 3 aromatic rings. The number of benzene rings is 1. The molecule has 1 unspecified atom stereocenters. The van der Waals surface area contributed by atoms with Gasteiger partial charge in [0.15, 0.2) is 0 Å². The summed E-state index contributed by atoms with van der Waals surface area (Å²) in [6.45, 7) is 1.59. The summed E-state index contributed by atoms with van der Waals surface area (Å²) >= 11 is 0. The van der Waals surface area contributed by atoms with Crippen LogP contribution in [0.3, 0.4) is 0 Å². The molecular weight excluding hydrogens is 407 g/mol. The summed E-state index contributed by atoms with van der Waals surface area (Å²) in [6.07, 6.45) is -2.89. The molecule has 1 aliphatic rings. The van der Waals surface area contributed by atoms with Crippen LogP contribution in [0.15, 0.2) is 60.8 Å². The highest BCUT2D eigenvalue weighted by Gasteiger charge is 2.31. The molecule has 0 saturated carbocycles. The molecule has 0 radical (unpaired) electrons. The number of rotatable bonds is 4. The van der Waals surface area contributed by atoms with Crippen molar-refractivity contribution < 1.29 is 22.2 Å². The molecule has 1 aliphatic heterocycles. The number of carbonyl (C=O) groups is 1. The van der Waals surface area contributed by atoms with Gasteiger partial charge >= 0.3 is 6.18 Å². The molecule has 1 aromatic carbocycles. The predicted molar refractivity (Wildman–Crippen MR) is 117 cm³/mol. The van der Waals surface area contributed by atoms with Crippen molar-refractivity contribution in [1.82, 2.24) is 15.3 Å². The molecule has 4 rings (SSSR count). The van der Waals surface area contributed by atoms with Gasteiger partial charge in [-0.3, -0.25) is 4.79 Å². The van der Waals surface area contributed by atoms with Gasteiger partial charge in [-0.15, -0.1) is 0 Å². The standard InChI is InChI=1S/C22H20F3N5O.3H2/c23-22(24,25)15-5-1-4-14(12-15)18-13-30(11-10-27-18)19-8-2-7-17(29-19)20(31)16-6-3-9-28-21(16)26;;;/h1-9,12,18,27H,10-11,13H2,(H2,26,28);3*1H. The van der Waals surface area contributed by atoms with Crippen molar-refractivity contribution in [3.05, 3.63) is 83.2 Å². The van der Waals surface area contributed by atoms with Crippen LogP contribution < -0.4 is 16.0 Å². The molecule has 0 bridgehead atoms. The van der Waals surface area contributed by atoms with Gasteiger partial charge in [-0.05, 0) is 42.0 Å². The van der Waals surface area contributed by atoms with Crippen molar-refractivity contribution in [3.63, 3.8) is 0 Å². The van der Waals surface area contributed by atoms with Crippen molar-refractivity contribution in [1.29, 1.82) is 0 Å². The lowest BCUT2D eigenvalue weighted by Gasteiger charge is -2.35. The lowest BCUT2D eigenvalue weighted by Crippen LogP contribution is -2.46. The van der Waals surface area contributed by atoms with Gasteiger partial charge in [0.05, 0.1) is 11.1 Å². The Morgan fingerprint density at radius 3 is 2.74 bits per heavy atom. The number of ketones is 1. The van der Waals surface area contributed by atoms with E-state index in [9.17, 15) is 18.0 Å². The number of halogens is 3. The van der Waals surface area contributed by atoms with E-state index in [0.29, 0.717) is 31.0 Å². The topological polar surface area (TPSA) is 84.1 Å². The van der Waals surface area contributed by atoms with E-state index in [4.69, 9.17) is 5.73 Å². The van der Waals surface area contributed by atoms with Crippen molar-refractivity contribution in [2.24, 2.45) is 0 Å². The summed E-state index contributed by atoms with van der Waals surface area (Å²) in [4.78, 5) is 23.2. The van der Waals surface area contributed by atoms with Crippen molar-refractivity contribution >= 4 is 17.4 Å². The van der Waals surface area contributed by atoms with E-state index >= 15 is 0 Å². The molecule has 1 fully saturated rings. The summed E-state index contributed by atoms with van der Waals surface area (Å²) in [6, 6.07) is 13.3. The summed E-state index contributed by atoms with van der Waals surface area (Å²) in [5.41, 5.74) is 6.18. The fourth-order valence-electron chi connectivity index (χ4n) is 3.59. The lowest BCUT2D eigenvalue weighted by molar-refractivity contribution is -0.137. The average Bonchev–Trinajstić information content (AvgIpc) is 2.79. The smallest absolute Gasteiger partial charge is 0.383 e. The van der Waals surface area contributed by atoms with Crippen LogP contribution in [0.1, 0.15) is 37.5 Å². The van der Waals surface area contributed by atoms with Crippen molar-refractivity contribution in [3.8, 4) is 0 Å². The van der Waals surface area contributed by atoms with Crippen LogP contribution in [0.5, 0.6) is 0 Å². The normalized spacial score (nSPS) is 16.9. The molecule has 0 aliphatic carbocycles. The monoisotopic (exact) mass is 433 g/mol. The second-order valence-corrected chi connectivity index (χ2v) is 7.22. The third-order valence-electron chi connectivity index (χ3n) is 5.17. The summed E-state index contributed by atoms with van der Waals surface area (Å²) < 4.78 is 39.2. The van der Waals surface area contributed by atoms with Gasteiger partial charge < -0.3 is 16.0 Å². The summed E-state index contributed by atoms with van der Waals surface area (Å²) in [5, 5.41) is 3.26. The van der Waals surface area contributed by atoms with Crippen LogP contribution in [0.4, 0.5) is 24.8 Å². The maximum absolute atomic E-state index is 13.1. The maximum atomic E-state index is 13.1. The number of hydrogen-bond acceptors (Lipinski definition) is 6. The van der Waals surface area contributed by atoms with Crippen LogP contribution in [-0.2, 0) is 6.18 Å². The first-order valence-electron chi connectivity index (χ1n) is 9.70. The molecule has 166 valence electrons. The number of nitrogens with zero attached hydrogens (tertiary/aromatic N) is 3. The zero-order valence-corrected chi connectivity index (χ0v) is 16.4. The summed E-state index contributed by atoms with van der Waals surface area (Å²) in [5.74, 6) is 0.371. The number of aromatic nitrogens is 2. The Balaban J connectivity index is 0.00000193. The van der Waals surface area contributed by atoms with Crippen molar-refractivity contribution in [2.75, 3.05) is 30.3 Å². The molecule has 2 aromatic heterocycles. The third kappa shape index (κ3) is 4.51. The number of nitrogens with two attached hydrogens (primary N) is 1. The average molecular weight is 433 g/mol. The Morgan fingerprint density at radius 1 is 1.16 bits per heavy atom. The number of hydrogen-bond donors (Lipinski definition) is 2. The van der Waals surface area contributed by atoms with E-state index in [2.05, 4.69) is 15.3 Å². The molecule has 6 nitrogen and oxygen atoms in total. The van der Waals surface area contributed by atoms with Crippen LogP contribution in [-0.4, -0.2) is 35.4 Å². The first-order valence-corrected chi connectivity index (χ1v) is 9.70. The highest BCUT2D eigenvalue weighted by Crippen LogP contribution is 2.31. The second-order valence-electron chi connectivity index (χ2n) is 7.22. The Bertz CT molecular complexity index is 1120. The maximum Gasteiger partial charge on any atom is 0.416 e. The lowest BCUT2D eigenvalue weighted by atomic mass is 10.0. The fraction of sp³-hybridized carbons (Fsp3) is 0.227. The molecule has 1 atom stereocenters. The van der Waals surface area contributed by atoms with Gasteiger partial charge in [-0.1, -0.05) is 18.2 Å². The van der Waals surface area contributed by atoms with Gasteiger partial charge in [0.1, 0.15) is 17.3 Å². The number of nitrogens with one attached hydrogen (secondary N) is 1. The molecule has 0 amide bonds. The van der Waals surface area contributed by atoms with Gasteiger partial charge in [0.25, 0.3) is 0 Å². The Kier molecular flexibility index (Phi) is 5.60. The largest absolute Gasteiger partial charge is 0.416 e. The zero-order valence-electron chi connectivity index (χ0n) is 16.4. The van der Waals surface area contributed by atoms with E-state index < -0.39 is 11.7 Å². The van der Waals surface area contributed by atoms with Gasteiger partial charge in [-0.25, -0.2) is 9.97 Å². The first-order chi connectivity index (χ1) is 14.8. The number of alkyl halides is 3. The zero-order chi connectivity index (χ0) is 22.0. The van der Waals surface area contributed by atoms with Crippen LogP contribution in [0.2, 0.25) is 0 Å². The molecular formula is C22H26F3N5O. The SMILES string of the molecule is Nc1ncccc1C(=O)c1cccc(N2CCNC(c3cccc(C(F)(F)F)c3)C2)n1.[HH].[HH].[HH]. The molecule has 31 heavy (non-hydrogen) atoms. The molecule has 3 N–H and O–H groups in total. The highest BCUT2D eigenvalue weighted by atomic mass is 19.4. The Morgan fingerprint density at radius 2 is 1.97 bits per heavy atom. The van der Waals surface area contributed by atoms with E-state index in [1.165, 1.54) is 18.3 Å². The number of nitrogen functional groups attached to an aromatic ring is 1. The highest BCUT2D eigenvalue weighted by molar-refractivity contribution is 6.10. The number of carbonyl (C=O) groups excluding carboxylic acids is 1. The first kappa shape index (κ1) is 20.8. The minimum atomic E-state index is -4.39. The van der Waals surface area contributed by atoms with E-state index in [1.807, 2.05) is 4.90 Å². The fourth-order valence-corrected chi connectivity index (χ4v) is 3.59. The molecule has 0 spiro atoms. The van der Waals surface area contributed by atoms with Crippen LogP contribution >= 0.6 is 0 Å². The van der Waals surface area contributed by atoms with Crippen LogP contribution in [0, 0.1) is 0 Å². The minimum absolute atomic E-state index is 0. The number of piperazine rings is 1. The second kappa shape index (κ2) is 8.35. The Labute approximate surface area is 181 Å². The van der Waals surface area contributed by atoms with Crippen molar-refractivity contribution in [2.45, 2.75) is 12.2 Å². The van der Waals surface area contributed by atoms with E-state index in [-0.39, 0.29) is 33.2 Å². The van der Waals surface area contributed by atoms with Crippen LogP contribution in [0.25, 0.3) is 0 Å². The quantitative estimate of drug-likeness (QED) is 0.600. The number of anilines is 2.